The molecule has 25 heavy (non-hydrogen) atoms. The highest BCUT2D eigenvalue weighted by atomic mass is 16.1. The standard InChI is InChI=1S/C21H25N3O/c1-15(2)12-13-24-19-11-7-6-10-18(19)23-20(24)14-22-21(25)17-9-5-4-8-16(17)3/h4-11,15H,12-14H2,1-3H3,(H,22,25). The Kier molecular flexibility index (Phi) is 5.17. The van der Waals surface area contributed by atoms with Crippen molar-refractivity contribution in [2.24, 2.45) is 5.92 Å². The van der Waals surface area contributed by atoms with Gasteiger partial charge in [0.05, 0.1) is 17.6 Å². The van der Waals surface area contributed by atoms with Gasteiger partial charge in [-0.15, -0.1) is 0 Å². The van der Waals surface area contributed by atoms with Crippen molar-refractivity contribution >= 4 is 16.9 Å². The lowest BCUT2D eigenvalue weighted by atomic mass is 10.1. The van der Waals surface area contributed by atoms with Crippen LogP contribution in [0.2, 0.25) is 0 Å². The van der Waals surface area contributed by atoms with Crippen LogP contribution in [0.5, 0.6) is 0 Å². The monoisotopic (exact) mass is 335 g/mol. The molecule has 0 saturated carbocycles. The molecule has 0 fully saturated rings. The van der Waals surface area contributed by atoms with E-state index < -0.39 is 0 Å². The molecular weight excluding hydrogens is 310 g/mol. The molecular formula is C21H25N3O. The van der Waals surface area contributed by atoms with Crippen molar-refractivity contribution in [2.45, 2.75) is 40.3 Å². The van der Waals surface area contributed by atoms with Gasteiger partial charge >= 0.3 is 0 Å². The van der Waals surface area contributed by atoms with Crippen molar-refractivity contribution in [3.63, 3.8) is 0 Å². The number of aromatic nitrogens is 2. The average Bonchev–Trinajstić information content (AvgIpc) is 2.95. The Balaban J connectivity index is 1.82. The first-order chi connectivity index (χ1) is 12.1. The topological polar surface area (TPSA) is 46.9 Å². The minimum Gasteiger partial charge on any atom is -0.345 e. The molecule has 0 bridgehead atoms. The molecule has 1 N–H and O–H groups in total. The molecule has 2 aromatic carbocycles. The predicted octanol–water partition coefficient (Wildman–Crippen LogP) is 4.32. The molecule has 1 amide bonds. The van der Waals surface area contributed by atoms with Crippen LogP contribution < -0.4 is 5.32 Å². The second-order valence-electron chi connectivity index (χ2n) is 6.85. The van der Waals surface area contributed by atoms with E-state index in [-0.39, 0.29) is 5.91 Å². The van der Waals surface area contributed by atoms with Crippen LogP contribution in [-0.2, 0) is 13.1 Å². The number of aryl methyl sites for hydroxylation is 2. The van der Waals surface area contributed by atoms with Gasteiger partial charge in [0.25, 0.3) is 5.91 Å². The van der Waals surface area contributed by atoms with Crippen LogP contribution in [0.1, 0.15) is 42.0 Å². The first kappa shape index (κ1) is 17.2. The first-order valence-corrected chi connectivity index (χ1v) is 8.84. The smallest absolute Gasteiger partial charge is 0.251 e. The van der Waals surface area contributed by atoms with Gasteiger partial charge in [0.2, 0.25) is 0 Å². The summed E-state index contributed by atoms with van der Waals surface area (Å²) < 4.78 is 2.23. The first-order valence-electron chi connectivity index (χ1n) is 8.84. The second kappa shape index (κ2) is 7.51. The van der Waals surface area contributed by atoms with E-state index in [1.807, 2.05) is 49.4 Å². The molecule has 1 aromatic heterocycles. The molecule has 0 atom stereocenters. The molecule has 4 heteroatoms. The Bertz CT molecular complexity index is 880. The zero-order valence-corrected chi connectivity index (χ0v) is 15.1. The van der Waals surface area contributed by atoms with Gasteiger partial charge in [0, 0.05) is 12.1 Å². The van der Waals surface area contributed by atoms with Gasteiger partial charge in [-0.3, -0.25) is 4.79 Å². The quantitative estimate of drug-likeness (QED) is 0.729. The number of benzene rings is 2. The molecule has 0 unspecified atom stereocenters. The number of nitrogens with one attached hydrogen (secondary N) is 1. The lowest BCUT2D eigenvalue weighted by Crippen LogP contribution is -2.25. The highest BCUT2D eigenvalue weighted by molar-refractivity contribution is 5.95. The van der Waals surface area contributed by atoms with Crippen molar-refractivity contribution < 1.29 is 4.79 Å². The van der Waals surface area contributed by atoms with Crippen molar-refractivity contribution in [3.8, 4) is 0 Å². The maximum atomic E-state index is 12.5. The number of carbonyl (C=O) groups excluding carboxylic acids is 1. The Morgan fingerprint density at radius 1 is 1.12 bits per heavy atom. The van der Waals surface area contributed by atoms with E-state index in [2.05, 4.69) is 29.8 Å². The highest BCUT2D eigenvalue weighted by Crippen LogP contribution is 2.18. The number of para-hydroxylation sites is 2. The minimum absolute atomic E-state index is 0.0550. The van der Waals surface area contributed by atoms with Crippen molar-refractivity contribution in [1.82, 2.24) is 14.9 Å². The van der Waals surface area contributed by atoms with Gasteiger partial charge < -0.3 is 9.88 Å². The second-order valence-corrected chi connectivity index (χ2v) is 6.85. The summed E-state index contributed by atoms with van der Waals surface area (Å²) in [6.07, 6.45) is 1.08. The van der Waals surface area contributed by atoms with E-state index in [9.17, 15) is 4.79 Å². The van der Waals surface area contributed by atoms with E-state index in [1.165, 1.54) is 0 Å². The molecule has 0 saturated heterocycles. The summed E-state index contributed by atoms with van der Waals surface area (Å²) in [5.41, 5.74) is 3.80. The van der Waals surface area contributed by atoms with Gasteiger partial charge in [0.15, 0.2) is 0 Å². The number of imidazole rings is 1. The number of carbonyl (C=O) groups is 1. The van der Waals surface area contributed by atoms with E-state index in [4.69, 9.17) is 4.98 Å². The Morgan fingerprint density at radius 2 is 1.84 bits per heavy atom. The molecule has 130 valence electrons. The number of amides is 1. The lowest BCUT2D eigenvalue weighted by Gasteiger charge is -2.12. The third kappa shape index (κ3) is 3.90. The fourth-order valence-electron chi connectivity index (χ4n) is 2.98. The van der Waals surface area contributed by atoms with E-state index >= 15 is 0 Å². The summed E-state index contributed by atoms with van der Waals surface area (Å²) in [4.78, 5) is 17.2. The fourth-order valence-corrected chi connectivity index (χ4v) is 2.98. The van der Waals surface area contributed by atoms with Crippen molar-refractivity contribution in [2.75, 3.05) is 0 Å². The Morgan fingerprint density at radius 3 is 2.60 bits per heavy atom. The van der Waals surface area contributed by atoms with Crippen LogP contribution in [0.4, 0.5) is 0 Å². The third-order valence-electron chi connectivity index (χ3n) is 4.46. The van der Waals surface area contributed by atoms with Gasteiger partial charge in [-0.2, -0.15) is 0 Å². The predicted molar refractivity (Wildman–Crippen MR) is 102 cm³/mol. The largest absolute Gasteiger partial charge is 0.345 e. The molecule has 1 heterocycles. The van der Waals surface area contributed by atoms with Crippen LogP contribution in [-0.4, -0.2) is 15.5 Å². The van der Waals surface area contributed by atoms with Crippen LogP contribution in [0.15, 0.2) is 48.5 Å². The molecule has 3 rings (SSSR count). The maximum absolute atomic E-state index is 12.5. The zero-order valence-electron chi connectivity index (χ0n) is 15.1. The molecule has 0 aliphatic rings. The minimum atomic E-state index is -0.0550. The van der Waals surface area contributed by atoms with Gasteiger partial charge in [-0.1, -0.05) is 44.2 Å². The van der Waals surface area contributed by atoms with E-state index in [1.54, 1.807) is 0 Å². The number of hydrogen-bond donors (Lipinski definition) is 1. The number of nitrogens with zero attached hydrogens (tertiary/aromatic N) is 2. The van der Waals surface area contributed by atoms with Gasteiger partial charge in [-0.25, -0.2) is 4.98 Å². The number of hydrogen-bond acceptors (Lipinski definition) is 2. The summed E-state index contributed by atoms with van der Waals surface area (Å²) in [6, 6.07) is 15.8. The van der Waals surface area contributed by atoms with Crippen LogP contribution in [0.25, 0.3) is 11.0 Å². The Labute approximate surface area is 148 Å². The summed E-state index contributed by atoms with van der Waals surface area (Å²) in [5.74, 6) is 1.47. The molecule has 4 nitrogen and oxygen atoms in total. The summed E-state index contributed by atoms with van der Waals surface area (Å²) in [7, 11) is 0. The number of fused-ring (bicyclic) bond motifs is 1. The van der Waals surface area contributed by atoms with E-state index in [0.717, 1.165) is 35.4 Å². The lowest BCUT2D eigenvalue weighted by molar-refractivity contribution is 0.0949. The molecule has 0 radical (unpaired) electrons. The number of rotatable bonds is 6. The van der Waals surface area contributed by atoms with Crippen LogP contribution in [0.3, 0.4) is 0 Å². The molecule has 0 aliphatic heterocycles. The van der Waals surface area contributed by atoms with Gasteiger partial charge in [-0.05, 0) is 43.0 Å². The zero-order chi connectivity index (χ0) is 17.8. The fraction of sp³-hybridized carbons (Fsp3) is 0.333. The highest BCUT2D eigenvalue weighted by Gasteiger charge is 2.13. The van der Waals surface area contributed by atoms with E-state index in [0.29, 0.717) is 18.0 Å². The van der Waals surface area contributed by atoms with Crippen molar-refractivity contribution in [3.05, 3.63) is 65.5 Å². The van der Waals surface area contributed by atoms with Gasteiger partial charge in [0.1, 0.15) is 5.82 Å². The third-order valence-corrected chi connectivity index (χ3v) is 4.46. The summed E-state index contributed by atoms with van der Waals surface area (Å²) in [6.45, 7) is 7.73. The SMILES string of the molecule is Cc1ccccc1C(=O)NCc1nc2ccccc2n1CCC(C)C. The summed E-state index contributed by atoms with van der Waals surface area (Å²) in [5, 5.41) is 3.02. The maximum Gasteiger partial charge on any atom is 0.251 e. The van der Waals surface area contributed by atoms with Crippen LogP contribution in [0, 0.1) is 12.8 Å². The normalized spacial score (nSPS) is 11.2. The average molecular weight is 335 g/mol. The molecule has 3 aromatic rings. The van der Waals surface area contributed by atoms with Crippen LogP contribution >= 0.6 is 0 Å². The Hall–Kier alpha value is -2.62. The summed E-state index contributed by atoms with van der Waals surface area (Å²) >= 11 is 0. The molecule has 0 spiro atoms. The van der Waals surface area contributed by atoms with Crippen molar-refractivity contribution in [1.29, 1.82) is 0 Å². The molecule has 0 aliphatic carbocycles.